The van der Waals surface area contributed by atoms with Gasteiger partial charge in [-0.25, -0.2) is 17.2 Å². The smallest absolute Gasteiger partial charge is 0.288 e. The normalized spacial score (nSPS) is 14.7. The van der Waals surface area contributed by atoms with E-state index < -0.39 is 38.0 Å². The van der Waals surface area contributed by atoms with Crippen LogP contribution in [0.25, 0.3) is 0 Å². The molecule has 0 spiro atoms. The summed E-state index contributed by atoms with van der Waals surface area (Å²) in [6.45, 7) is 1.08. The molecule has 29 heavy (non-hydrogen) atoms. The Bertz CT molecular complexity index is 1080. The molecule has 1 aliphatic heterocycles. The van der Waals surface area contributed by atoms with Gasteiger partial charge in [0.1, 0.15) is 16.5 Å². The van der Waals surface area contributed by atoms with Crippen molar-refractivity contribution >= 4 is 27.1 Å². The van der Waals surface area contributed by atoms with Gasteiger partial charge in [0, 0.05) is 50.3 Å². The zero-order chi connectivity index (χ0) is 21.3. The molecule has 3 rings (SSSR count). The van der Waals surface area contributed by atoms with E-state index in [4.69, 9.17) is 0 Å². The van der Waals surface area contributed by atoms with Crippen molar-refractivity contribution in [2.75, 3.05) is 37.3 Å². The van der Waals surface area contributed by atoms with Crippen LogP contribution in [0, 0.1) is 21.7 Å². The monoisotopic (exact) mass is 425 g/mol. The summed E-state index contributed by atoms with van der Waals surface area (Å²) < 4.78 is 50.7. The largest absolute Gasteiger partial charge is 0.368 e. The number of nitrogens with zero attached hydrogens (tertiary/aromatic N) is 3. The Morgan fingerprint density at radius 3 is 2.28 bits per heavy atom. The van der Waals surface area contributed by atoms with Gasteiger partial charge in [0.05, 0.1) is 10.5 Å². The van der Waals surface area contributed by atoms with Gasteiger partial charge in [-0.05, 0) is 24.3 Å². The summed E-state index contributed by atoms with van der Waals surface area (Å²) in [6, 6.07) is 6.57. The fourth-order valence-corrected chi connectivity index (χ4v) is 4.01. The average Bonchev–Trinajstić information content (AvgIpc) is 2.66. The highest BCUT2D eigenvalue weighted by Gasteiger charge is 2.27. The van der Waals surface area contributed by atoms with Crippen LogP contribution in [-0.2, 0) is 9.84 Å². The molecule has 0 radical (unpaired) electrons. The standard InChI is InChI=1S/C18H17F2N3O5S/c1-29(27,28)17-11-13(3-5-16(17)23(25)26)21-6-8-22(9-7-21)18(24)14-4-2-12(19)10-15(14)20/h2-5,10-11H,6-9H2,1H3. The van der Waals surface area contributed by atoms with Gasteiger partial charge in [-0.1, -0.05) is 0 Å². The number of hydrogen-bond acceptors (Lipinski definition) is 6. The molecule has 2 aromatic rings. The molecule has 2 aromatic carbocycles. The lowest BCUT2D eigenvalue weighted by atomic mass is 10.1. The number of piperazine rings is 1. The van der Waals surface area contributed by atoms with Crippen molar-refractivity contribution in [3.63, 3.8) is 0 Å². The van der Waals surface area contributed by atoms with Crippen molar-refractivity contribution in [2.24, 2.45) is 0 Å². The number of carbonyl (C=O) groups is 1. The Morgan fingerprint density at radius 1 is 1.07 bits per heavy atom. The van der Waals surface area contributed by atoms with E-state index >= 15 is 0 Å². The molecule has 154 valence electrons. The van der Waals surface area contributed by atoms with Crippen LogP contribution in [-0.4, -0.2) is 56.6 Å². The van der Waals surface area contributed by atoms with E-state index in [0.717, 1.165) is 24.5 Å². The van der Waals surface area contributed by atoms with E-state index in [1.54, 1.807) is 4.90 Å². The van der Waals surface area contributed by atoms with Crippen LogP contribution < -0.4 is 4.90 Å². The third-order valence-corrected chi connectivity index (χ3v) is 5.76. The average molecular weight is 425 g/mol. The number of nitro benzene ring substituents is 1. The minimum atomic E-state index is -3.81. The second-order valence-corrected chi connectivity index (χ2v) is 8.57. The molecule has 1 fully saturated rings. The van der Waals surface area contributed by atoms with Gasteiger partial charge in [-0.3, -0.25) is 14.9 Å². The molecular weight excluding hydrogens is 408 g/mol. The maximum Gasteiger partial charge on any atom is 0.288 e. The van der Waals surface area contributed by atoms with Crippen LogP contribution >= 0.6 is 0 Å². The Morgan fingerprint density at radius 2 is 1.72 bits per heavy atom. The zero-order valence-electron chi connectivity index (χ0n) is 15.3. The van der Waals surface area contributed by atoms with Gasteiger partial charge in [-0.2, -0.15) is 0 Å². The molecule has 1 amide bonds. The Hall–Kier alpha value is -3.08. The lowest BCUT2D eigenvalue weighted by Gasteiger charge is -2.36. The van der Waals surface area contributed by atoms with Crippen molar-refractivity contribution in [3.8, 4) is 0 Å². The van der Waals surface area contributed by atoms with Crippen molar-refractivity contribution in [3.05, 3.63) is 63.7 Å². The predicted octanol–water partition coefficient (Wildman–Crippen LogP) is 2.24. The Kier molecular flexibility index (Phi) is 5.51. The van der Waals surface area contributed by atoms with E-state index in [2.05, 4.69) is 0 Å². The predicted molar refractivity (Wildman–Crippen MR) is 101 cm³/mol. The van der Waals surface area contributed by atoms with Crippen molar-refractivity contribution < 1.29 is 26.9 Å². The summed E-state index contributed by atoms with van der Waals surface area (Å²) in [6.07, 6.45) is 0.896. The summed E-state index contributed by atoms with van der Waals surface area (Å²) in [5, 5.41) is 11.1. The molecule has 0 unspecified atom stereocenters. The summed E-state index contributed by atoms with van der Waals surface area (Å²) in [7, 11) is -3.81. The van der Waals surface area contributed by atoms with Gasteiger partial charge >= 0.3 is 0 Å². The number of sulfone groups is 1. The highest BCUT2D eigenvalue weighted by Crippen LogP contribution is 2.29. The topological polar surface area (TPSA) is 101 Å². The van der Waals surface area contributed by atoms with Gasteiger partial charge < -0.3 is 9.80 Å². The van der Waals surface area contributed by atoms with Crippen LogP contribution in [0.15, 0.2) is 41.3 Å². The lowest BCUT2D eigenvalue weighted by molar-refractivity contribution is -0.387. The summed E-state index contributed by atoms with van der Waals surface area (Å²) in [5.41, 5.74) is -0.262. The van der Waals surface area contributed by atoms with E-state index in [0.29, 0.717) is 24.8 Å². The summed E-state index contributed by atoms with van der Waals surface area (Å²) in [4.78, 5) is 25.6. The fourth-order valence-electron chi connectivity index (χ4n) is 3.15. The first kappa shape index (κ1) is 20.6. The van der Waals surface area contributed by atoms with Crippen molar-refractivity contribution in [1.29, 1.82) is 0 Å². The van der Waals surface area contributed by atoms with Crippen LogP contribution in [0.1, 0.15) is 10.4 Å². The third-order valence-electron chi connectivity index (χ3n) is 4.63. The summed E-state index contributed by atoms with van der Waals surface area (Å²) in [5.74, 6) is -2.28. The molecule has 0 bridgehead atoms. The number of carbonyl (C=O) groups excluding carboxylic acids is 1. The van der Waals surface area contributed by atoms with Gasteiger partial charge in [0.2, 0.25) is 0 Å². The van der Waals surface area contributed by atoms with Gasteiger partial charge in [-0.15, -0.1) is 0 Å². The molecule has 8 nitrogen and oxygen atoms in total. The molecule has 1 heterocycles. The molecule has 0 N–H and O–H groups in total. The van der Waals surface area contributed by atoms with Gasteiger partial charge in [0.25, 0.3) is 11.6 Å². The maximum absolute atomic E-state index is 13.8. The quantitative estimate of drug-likeness (QED) is 0.550. The molecule has 0 saturated carbocycles. The summed E-state index contributed by atoms with van der Waals surface area (Å²) >= 11 is 0. The number of nitro groups is 1. The van der Waals surface area contributed by atoms with Crippen LogP contribution in [0.4, 0.5) is 20.2 Å². The van der Waals surface area contributed by atoms with Crippen molar-refractivity contribution in [2.45, 2.75) is 4.90 Å². The zero-order valence-corrected chi connectivity index (χ0v) is 16.2. The Labute approximate surface area is 165 Å². The van der Waals surface area contributed by atoms with E-state index in [1.807, 2.05) is 0 Å². The molecule has 0 atom stereocenters. The van der Waals surface area contributed by atoms with Crippen LogP contribution in [0.5, 0.6) is 0 Å². The molecule has 1 aliphatic rings. The first-order valence-electron chi connectivity index (χ1n) is 8.55. The second-order valence-electron chi connectivity index (χ2n) is 6.58. The van der Waals surface area contributed by atoms with E-state index in [-0.39, 0.29) is 23.5 Å². The van der Waals surface area contributed by atoms with E-state index in [9.17, 15) is 32.1 Å². The number of amides is 1. The van der Waals surface area contributed by atoms with Crippen LogP contribution in [0.2, 0.25) is 0 Å². The second kappa shape index (κ2) is 7.74. The first-order valence-corrected chi connectivity index (χ1v) is 10.4. The third kappa shape index (κ3) is 4.34. The number of anilines is 1. The number of hydrogen-bond donors (Lipinski definition) is 0. The first-order chi connectivity index (χ1) is 13.6. The number of benzene rings is 2. The van der Waals surface area contributed by atoms with Crippen molar-refractivity contribution in [1.82, 2.24) is 4.90 Å². The molecule has 11 heteroatoms. The maximum atomic E-state index is 13.8. The number of halogens is 2. The minimum absolute atomic E-state index is 0.223. The highest BCUT2D eigenvalue weighted by atomic mass is 32.2. The highest BCUT2D eigenvalue weighted by molar-refractivity contribution is 7.90. The minimum Gasteiger partial charge on any atom is -0.368 e. The SMILES string of the molecule is CS(=O)(=O)c1cc(N2CCN(C(=O)c3ccc(F)cc3F)CC2)ccc1[N+](=O)[O-]. The Balaban J connectivity index is 1.77. The molecule has 1 saturated heterocycles. The number of rotatable bonds is 4. The molecule has 0 aliphatic carbocycles. The van der Waals surface area contributed by atoms with E-state index in [1.165, 1.54) is 17.0 Å². The van der Waals surface area contributed by atoms with Crippen LogP contribution in [0.3, 0.4) is 0 Å². The lowest BCUT2D eigenvalue weighted by Crippen LogP contribution is -2.49. The molecular formula is C18H17F2N3O5S. The fraction of sp³-hybridized carbons (Fsp3) is 0.278. The van der Waals surface area contributed by atoms with Gasteiger partial charge in [0.15, 0.2) is 9.84 Å². The molecule has 0 aromatic heterocycles.